The van der Waals surface area contributed by atoms with Gasteiger partial charge in [-0.15, -0.1) is 24.0 Å². The molecule has 112 valence electrons. The molecule has 2 heteroatoms. The summed E-state index contributed by atoms with van der Waals surface area (Å²) < 4.78 is 0. The second kappa shape index (κ2) is 25.7. The Balaban J connectivity index is -0.000000223. The molecule has 0 aliphatic rings. The van der Waals surface area contributed by atoms with E-state index < -0.39 is 0 Å². The van der Waals surface area contributed by atoms with E-state index in [0.717, 1.165) is 0 Å². The van der Waals surface area contributed by atoms with Crippen LogP contribution in [0.5, 0.6) is 0 Å². The van der Waals surface area contributed by atoms with Crippen LogP contribution in [0.1, 0.15) is 6.92 Å². The summed E-state index contributed by atoms with van der Waals surface area (Å²) in [5.41, 5.74) is 0. The molecule has 0 radical (unpaired) electrons. The minimum absolute atomic E-state index is 0. The van der Waals surface area contributed by atoms with E-state index in [4.69, 9.17) is 0 Å². The molecule has 0 atom stereocenters. The van der Waals surface area contributed by atoms with Crippen molar-refractivity contribution in [1.29, 1.82) is 0 Å². The molecule has 0 saturated heterocycles. The maximum atomic E-state index is 3.25. The SMILES string of the molecule is I.[CH2-]C.[Ce+4].[c-]1ccccc1.[c-]1ccccc1.[c-]1ccccc1. The van der Waals surface area contributed by atoms with Crippen LogP contribution in [-0.2, 0) is 0 Å². The predicted octanol–water partition coefficient (Wildman–Crippen LogP) is 5.92. The minimum Gasteiger partial charge on any atom is -0.346 e. The van der Waals surface area contributed by atoms with E-state index >= 15 is 0 Å². The third-order valence-electron chi connectivity index (χ3n) is 1.82. The fourth-order valence-electron chi connectivity index (χ4n) is 1.03. The molecule has 0 unspecified atom stereocenters. The van der Waals surface area contributed by atoms with Gasteiger partial charge in [0.15, 0.2) is 0 Å². The molecule has 3 aromatic rings. The number of halogens is 1. The van der Waals surface area contributed by atoms with E-state index in [9.17, 15) is 0 Å². The Labute approximate surface area is 186 Å². The fourth-order valence-corrected chi connectivity index (χ4v) is 1.03. The first kappa shape index (κ1) is 26.7. The van der Waals surface area contributed by atoms with Crippen molar-refractivity contribution in [3.8, 4) is 0 Å². The second-order valence-corrected chi connectivity index (χ2v) is 3.23. The molecule has 0 amide bonds. The molecule has 0 aromatic heterocycles. The molecule has 0 bridgehead atoms. The van der Waals surface area contributed by atoms with Crippen LogP contribution in [0.3, 0.4) is 0 Å². The quantitative estimate of drug-likeness (QED) is 0.251. The first-order valence-corrected chi connectivity index (χ1v) is 6.44. The summed E-state index contributed by atoms with van der Waals surface area (Å²) in [6.45, 7) is 5.00. The Kier molecular flexibility index (Phi) is 31.1. The summed E-state index contributed by atoms with van der Waals surface area (Å²) in [4.78, 5) is 0. The Bertz CT molecular complexity index is 302. The summed E-state index contributed by atoms with van der Waals surface area (Å²) in [5, 5.41) is 0. The van der Waals surface area contributed by atoms with Gasteiger partial charge in [-0.1, -0.05) is 0 Å². The normalized spacial score (nSPS) is 6.82. The van der Waals surface area contributed by atoms with Crippen molar-refractivity contribution in [2.75, 3.05) is 0 Å². The summed E-state index contributed by atoms with van der Waals surface area (Å²) in [6.07, 6.45) is 0. The number of rotatable bonds is 0. The molecule has 0 nitrogen and oxygen atoms in total. The van der Waals surface area contributed by atoms with Crippen LogP contribution in [0.4, 0.5) is 0 Å². The summed E-state index contributed by atoms with van der Waals surface area (Å²) in [5.74, 6) is 0. The molecular weight excluding hydrogens is 507 g/mol. The van der Waals surface area contributed by atoms with Crippen molar-refractivity contribution in [1.82, 2.24) is 0 Å². The van der Waals surface area contributed by atoms with Crippen LogP contribution in [0, 0.1) is 66.9 Å². The van der Waals surface area contributed by atoms with Crippen LogP contribution in [0.15, 0.2) is 91.0 Å². The van der Waals surface area contributed by atoms with Crippen molar-refractivity contribution >= 4 is 24.0 Å². The molecule has 0 spiro atoms. The van der Waals surface area contributed by atoms with E-state index in [1.807, 2.05) is 91.0 Å². The Hall–Kier alpha value is -0.233. The smallest absolute Gasteiger partial charge is 0.346 e. The van der Waals surface area contributed by atoms with Crippen LogP contribution >= 0.6 is 24.0 Å². The summed E-state index contributed by atoms with van der Waals surface area (Å²) >= 11 is 0. The molecular formula is C20H21CeI. The van der Waals surface area contributed by atoms with Gasteiger partial charge in [-0.3, -0.25) is 0 Å². The van der Waals surface area contributed by atoms with E-state index in [-0.39, 0.29) is 65.7 Å². The van der Waals surface area contributed by atoms with Crippen molar-refractivity contribution in [2.24, 2.45) is 0 Å². The number of hydrogen-bond donors (Lipinski definition) is 0. The van der Waals surface area contributed by atoms with Crippen molar-refractivity contribution in [3.63, 3.8) is 0 Å². The molecule has 0 aliphatic heterocycles. The van der Waals surface area contributed by atoms with Crippen molar-refractivity contribution in [3.05, 3.63) is 116 Å². The minimum atomic E-state index is 0. The van der Waals surface area contributed by atoms with Crippen LogP contribution in [0.25, 0.3) is 0 Å². The molecule has 3 rings (SSSR count). The van der Waals surface area contributed by atoms with E-state index in [1.54, 1.807) is 6.92 Å². The monoisotopic (exact) mass is 528 g/mol. The largest absolute Gasteiger partial charge is 4.00 e. The van der Waals surface area contributed by atoms with E-state index in [2.05, 4.69) is 25.1 Å². The van der Waals surface area contributed by atoms with Crippen LogP contribution in [-0.4, -0.2) is 0 Å². The maximum absolute atomic E-state index is 3.25. The molecule has 0 saturated carbocycles. The van der Waals surface area contributed by atoms with Gasteiger partial charge in [-0.2, -0.15) is 116 Å². The number of benzene rings is 3. The standard InChI is InChI=1S/3C6H5.C2H5.Ce.HI/c3*1-2-4-6-5-3-1;1-2;;/h3*1-5H;1H2,2H3;;1H/q4*-1;+4;. The van der Waals surface area contributed by atoms with Gasteiger partial charge in [0.2, 0.25) is 0 Å². The molecule has 22 heavy (non-hydrogen) atoms. The fraction of sp³-hybridized carbons (Fsp3) is 0.0500. The van der Waals surface area contributed by atoms with Crippen LogP contribution in [0.2, 0.25) is 0 Å². The molecule has 0 aliphatic carbocycles. The second-order valence-electron chi connectivity index (χ2n) is 3.23. The Morgan fingerprint density at radius 3 is 0.682 bits per heavy atom. The summed E-state index contributed by atoms with van der Waals surface area (Å²) in [7, 11) is 0. The van der Waals surface area contributed by atoms with Gasteiger partial charge in [0.25, 0.3) is 0 Å². The Morgan fingerprint density at radius 1 is 0.455 bits per heavy atom. The third kappa shape index (κ3) is 22.1. The summed E-state index contributed by atoms with van der Waals surface area (Å²) in [6, 6.07) is 37.5. The molecule has 0 heterocycles. The van der Waals surface area contributed by atoms with Gasteiger partial charge in [0.05, 0.1) is 0 Å². The van der Waals surface area contributed by atoms with Gasteiger partial charge in [-0.25, -0.2) is 0 Å². The third-order valence-corrected chi connectivity index (χ3v) is 1.82. The average Bonchev–Trinajstić information content (AvgIpc) is 2.62. The molecule has 0 fully saturated rings. The number of hydrogen-bond acceptors (Lipinski definition) is 0. The van der Waals surface area contributed by atoms with Crippen LogP contribution < -0.4 is 0 Å². The van der Waals surface area contributed by atoms with E-state index in [1.165, 1.54) is 0 Å². The first-order chi connectivity index (χ1) is 10.0. The zero-order valence-electron chi connectivity index (χ0n) is 12.8. The van der Waals surface area contributed by atoms with Gasteiger partial charge < -0.3 is 6.92 Å². The zero-order valence-corrected chi connectivity index (χ0v) is 18.2. The molecule has 0 N–H and O–H groups in total. The average molecular weight is 528 g/mol. The van der Waals surface area contributed by atoms with Gasteiger partial charge >= 0.3 is 41.7 Å². The zero-order chi connectivity index (χ0) is 14.7. The first-order valence-electron chi connectivity index (χ1n) is 6.44. The maximum Gasteiger partial charge on any atom is 4.00 e. The topological polar surface area (TPSA) is 0 Å². The molecule has 3 aromatic carbocycles. The van der Waals surface area contributed by atoms with Gasteiger partial charge in [0.1, 0.15) is 0 Å². The van der Waals surface area contributed by atoms with E-state index in [0.29, 0.717) is 0 Å². The van der Waals surface area contributed by atoms with Crippen molar-refractivity contribution in [2.45, 2.75) is 6.92 Å². The van der Waals surface area contributed by atoms with Crippen molar-refractivity contribution < 1.29 is 41.7 Å². The predicted molar refractivity (Wildman–Crippen MR) is 102 cm³/mol. The van der Waals surface area contributed by atoms with Gasteiger partial charge in [0, 0.05) is 0 Å². The van der Waals surface area contributed by atoms with Gasteiger partial charge in [-0.05, 0) is 0 Å². The Morgan fingerprint density at radius 2 is 0.636 bits per heavy atom.